The third kappa shape index (κ3) is 1.94. The lowest BCUT2D eigenvalue weighted by Crippen LogP contribution is -2.01. The Morgan fingerprint density at radius 2 is 2.00 bits per heavy atom. The Bertz CT molecular complexity index is 623. The number of nitrogens with one attached hydrogen (secondary N) is 1. The number of carbonyl (C=O) groups excluding carboxylic acids is 1. The number of thiophene rings is 2. The minimum Gasteiger partial charge on any atom is -0.335 e. The molecule has 5 heteroatoms. The molecule has 0 fully saturated rings. The van der Waals surface area contributed by atoms with Crippen LogP contribution in [0.5, 0.6) is 0 Å². The minimum absolute atomic E-state index is 0.0623. The van der Waals surface area contributed by atoms with Gasteiger partial charge in [0.15, 0.2) is 5.82 Å². The molecule has 1 N–H and O–H groups in total. The fraction of sp³-hybridized carbons (Fsp3) is 0. The zero-order chi connectivity index (χ0) is 11.7. The molecule has 0 aliphatic rings. The maximum Gasteiger partial charge on any atom is 0.229 e. The van der Waals surface area contributed by atoms with Gasteiger partial charge in [-0.05, 0) is 22.9 Å². The van der Waals surface area contributed by atoms with Crippen LogP contribution in [0.4, 0.5) is 0 Å². The summed E-state index contributed by atoms with van der Waals surface area (Å²) in [6.45, 7) is 0. The van der Waals surface area contributed by atoms with Gasteiger partial charge in [0.05, 0.1) is 11.9 Å². The maximum atomic E-state index is 12.0. The van der Waals surface area contributed by atoms with Crippen molar-refractivity contribution in [3.8, 4) is 11.3 Å². The van der Waals surface area contributed by atoms with E-state index in [-0.39, 0.29) is 5.78 Å². The molecule has 0 aliphatic heterocycles. The van der Waals surface area contributed by atoms with E-state index in [9.17, 15) is 4.79 Å². The Hall–Kier alpha value is -1.72. The van der Waals surface area contributed by atoms with Crippen LogP contribution in [0.25, 0.3) is 11.3 Å². The van der Waals surface area contributed by atoms with Crippen LogP contribution in [0.2, 0.25) is 0 Å². The molecule has 17 heavy (non-hydrogen) atoms. The summed E-state index contributed by atoms with van der Waals surface area (Å²) >= 11 is 3.13. The highest BCUT2D eigenvalue weighted by molar-refractivity contribution is 7.08. The Kier molecular flexibility index (Phi) is 2.62. The summed E-state index contributed by atoms with van der Waals surface area (Å²) < 4.78 is 0. The third-order valence-corrected chi connectivity index (χ3v) is 3.77. The van der Waals surface area contributed by atoms with Gasteiger partial charge < -0.3 is 4.98 Å². The summed E-state index contributed by atoms with van der Waals surface area (Å²) in [5.74, 6) is 0.331. The molecule has 0 atom stereocenters. The first kappa shape index (κ1) is 10.4. The monoisotopic (exact) mass is 260 g/mol. The van der Waals surface area contributed by atoms with Gasteiger partial charge in [0.2, 0.25) is 5.78 Å². The van der Waals surface area contributed by atoms with Gasteiger partial charge in [-0.15, -0.1) is 0 Å². The highest BCUT2D eigenvalue weighted by atomic mass is 32.1. The van der Waals surface area contributed by atoms with E-state index in [1.165, 1.54) is 11.3 Å². The molecule has 0 spiro atoms. The van der Waals surface area contributed by atoms with E-state index in [2.05, 4.69) is 9.97 Å². The van der Waals surface area contributed by atoms with Gasteiger partial charge >= 0.3 is 0 Å². The average molecular weight is 260 g/mol. The van der Waals surface area contributed by atoms with Crippen LogP contribution >= 0.6 is 22.7 Å². The van der Waals surface area contributed by atoms with Gasteiger partial charge in [-0.25, -0.2) is 4.98 Å². The Morgan fingerprint density at radius 3 is 2.71 bits per heavy atom. The highest BCUT2D eigenvalue weighted by Crippen LogP contribution is 2.20. The second-order valence-corrected chi connectivity index (χ2v) is 5.06. The van der Waals surface area contributed by atoms with E-state index in [4.69, 9.17) is 0 Å². The quantitative estimate of drug-likeness (QED) is 0.733. The molecule has 3 aromatic rings. The number of rotatable bonds is 3. The smallest absolute Gasteiger partial charge is 0.229 e. The lowest BCUT2D eigenvalue weighted by atomic mass is 10.2. The summed E-state index contributed by atoms with van der Waals surface area (Å²) in [7, 11) is 0. The van der Waals surface area contributed by atoms with E-state index < -0.39 is 0 Å². The summed E-state index contributed by atoms with van der Waals surface area (Å²) in [6, 6.07) is 3.80. The van der Waals surface area contributed by atoms with Crippen molar-refractivity contribution in [1.29, 1.82) is 0 Å². The Morgan fingerprint density at radius 1 is 1.18 bits per heavy atom. The number of aromatic amines is 1. The van der Waals surface area contributed by atoms with Crippen molar-refractivity contribution in [1.82, 2.24) is 9.97 Å². The molecule has 3 heterocycles. The minimum atomic E-state index is -0.0623. The molecule has 3 rings (SSSR count). The average Bonchev–Trinajstić information content (AvgIpc) is 3.09. The van der Waals surface area contributed by atoms with Gasteiger partial charge in [-0.3, -0.25) is 4.79 Å². The van der Waals surface area contributed by atoms with Crippen molar-refractivity contribution in [3.05, 3.63) is 51.2 Å². The SMILES string of the molecule is O=C(c1ccsc1)c1ncc(-c2ccsc2)[nH]1. The van der Waals surface area contributed by atoms with Crippen LogP contribution in [-0.4, -0.2) is 15.8 Å². The van der Waals surface area contributed by atoms with Crippen LogP contribution in [0.15, 0.2) is 39.8 Å². The topological polar surface area (TPSA) is 45.8 Å². The summed E-state index contributed by atoms with van der Waals surface area (Å²) in [4.78, 5) is 19.2. The number of aromatic nitrogens is 2. The first-order valence-electron chi connectivity index (χ1n) is 4.99. The van der Waals surface area contributed by atoms with Crippen molar-refractivity contribution in [2.24, 2.45) is 0 Å². The number of hydrogen-bond donors (Lipinski definition) is 1. The molecule has 84 valence electrons. The predicted octanol–water partition coefficient (Wildman–Crippen LogP) is 3.43. The zero-order valence-electron chi connectivity index (χ0n) is 8.71. The lowest BCUT2D eigenvalue weighted by molar-refractivity contribution is 0.103. The van der Waals surface area contributed by atoms with Crippen LogP contribution < -0.4 is 0 Å². The maximum absolute atomic E-state index is 12.0. The summed E-state index contributed by atoms with van der Waals surface area (Å²) in [5, 5.41) is 7.73. The summed E-state index contributed by atoms with van der Waals surface area (Å²) in [6.07, 6.45) is 1.70. The van der Waals surface area contributed by atoms with Crippen molar-refractivity contribution >= 4 is 28.5 Å². The number of H-pyrrole nitrogens is 1. The molecule has 0 aliphatic carbocycles. The fourth-order valence-corrected chi connectivity index (χ4v) is 2.82. The van der Waals surface area contributed by atoms with Crippen LogP contribution in [0.3, 0.4) is 0 Å². The van der Waals surface area contributed by atoms with E-state index >= 15 is 0 Å². The third-order valence-electron chi connectivity index (χ3n) is 2.41. The molecule has 0 aromatic carbocycles. The molecule has 0 amide bonds. The molecule has 3 aromatic heterocycles. The normalized spacial score (nSPS) is 10.6. The van der Waals surface area contributed by atoms with Crippen molar-refractivity contribution in [2.45, 2.75) is 0 Å². The molecular formula is C12H8N2OS2. The van der Waals surface area contributed by atoms with E-state index in [0.717, 1.165) is 11.3 Å². The molecule has 0 radical (unpaired) electrons. The zero-order valence-corrected chi connectivity index (χ0v) is 10.3. The highest BCUT2D eigenvalue weighted by Gasteiger charge is 2.13. The first-order chi connectivity index (χ1) is 8.34. The van der Waals surface area contributed by atoms with E-state index in [0.29, 0.717) is 11.4 Å². The van der Waals surface area contributed by atoms with E-state index in [1.807, 2.05) is 27.6 Å². The van der Waals surface area contributed by atoms with Crippen molar-refractivity contribution in [3.63, 3.8) is 0 Å². The van der Waals surface area contributed by atoms with Crippen LogP contribution in [0.1, 0.15) is 16.2 Å². The molecule has 0 saturated carbocycles. The second kappa shape index (κ2) is 4.27. The molecule has 0 unspecified atom stereocenters. The van der Waals surface area contributed by atoms with Gasteiger partial charge in [-0.1, -0.05) is 0 Å². The standard InChI is InChI=1S/C12H8N2OS2/c15-11(9-2-4-17-7-9)12-13-5-10(14-12)8-1-3-16-6-8/h1-7H,(H,13,14). The van der Waals surface area contributed by atoms with Crippen molar-refractivity contribution < 1.29 is 4.79 Å². The second-order valence-electron chi connectivity index (χ2n) is 3.50. The Labute approximate surface area is 106 Å². The lowest BCUT2D eigenvalue weighted by Gasteiger charge is -1.92. The number of ketones is 1. The molecule has 0 saturated heterocycles. The summed E-state index contributed by atoms with van der Waals surface area (Å²) in [5.41, 5.74) is 2.62. The number of nitrogens with zero attached hydrogens (tertiary/aromatic N) is 1. The molecule has 3 nitrogen and oxygen atoms in total. The first-order valence-corrected chi connectivity index (χ1v) is 6.87. The molecule has 0 bridgehead atoms. The van der Waals surface area contributed by atoms with Gasteiger partial charge in [-0.2, -0.15) is 22.7 Å². The largest absolute Gasteiger partial charge is 0.335 e. The predicted molar refractivity (Wildman–Crippen MR) is 69.7 cm³/mol. The van der Waals surface area contributed by atoms with E-state index in [1.54, 1.807) is 23.6 Å². The number of hydrogen-bond acceptors (Lipinski definition) is 4. The number of carbonyl (C=O) groups is 1. The fourth-order valence-electron chi connectivity index (χ4n) is 1.53. The Balaban J connectivity index is 1.93. The van der Waals surface area contributed by atoms with Crippen LogP contribution in [0, 0.1) is 0 Å². The van der Waals surface area contributed by atoms with Gasteiger partial charge in [0.1, 0.15) is 0 Å². The molecular weight excluding hydrogens is 252 g/mol. The van der Waals surface area contributed by atoms with Crippen molar-refractivity contribution in [2.75, 3.05) is 0 Å². The van der Waals surface area contributed by atoms with Gasteiger partial charge in [0, 0.05) is 21.9 Å². The van der Waals surface area contributed by atoms with Gasteiger partial charge in [0.25, 0.3) is 0 Å². The van der Waals surface area contributed by atoms with Crippen LogP contribution in [-0.2, 0) is 0 Å². The number of imidazole rings is 1.